The van der Waals surface area contributed by atoms with Crippen LogP contribution in [0.25, 0.3) is 0 Å². The van der Waals surface area contributed by atoms with Crippen molar-refractivity contribution in [3.05, 3.63) is 63.7 Å². The minimum absolute atomic E-state index is 0.00400. The second-order valence-corrected chi connectivity index (χ2v) is 11.5. The molecule has 202 valence electrons. The first-order chi connectivity index (χ1) is 18.1. The number of rotatable bonds is 4. The van der Waals surface area contributed by atoms with Crippen LogP contribution in [0.3, 0.4) is 0 Å². The van der Waals surface area contributed by atoms with Crippen LogP contribution in [0.4, 0.5) is 4.79 Å². The number of halogens is 1. The molecule has 0 aromatic heterocycles. The average molecular weight is 538 g/mol. The Balaban J connectivity index is 1.27. The number of piperidine rings is 2. The number of nitriles is 1. The molecule has 0 bridgehead atoms. The Kier molecular flexibility index (Phi) is 8.52. The van der Waals surface area contributed by atoms with Gasteiger partial charge in [0.25, 0.3) is 5.91 Å². The van der Waals surface area contributed by atoms with Gasteiger partial charge in [0.05, 0.1) is 10.6 Å². The molecule has 8 heteroatoms. The minimum atomic E-state index is -0.489. The summed E-state index contributed by atoms with van der Waals surface area (Å²) >= 11 is 6.27. The largest absolute Gasteiger partial charge is 0.490 e. The van der Waals surface area contributed by atoms with Crippen LogP contribution in [0, 0.1) is 18.3 Å². The van der Waals surface area contributed by atoms with Crippen molar-refractivity contribution >= 4 is 23.6 Å². The summed E-state index contributed by atoms with van der Waals surface area (Å²) < 4.78 is 11.7. The molecule has 0 radical (unpaired) electrons. The maximum atomic E-state index is 13.1. The molecule has 0 spiro atoms. The molecule has 2 saturated heterocycles. The normalized spacial score (nSPS) is 17.2. The van der Waals surface area contributed by atoms with Gasteiger partial charge in [-0.2, -0.15) is 5.26 Å². The highest BCUT2D eigenvalue weighted by Crippen LogP contribution is 2.32. The first-order valence-corrected chi connectivity index (χ1v) is 13.7. The van der Waals surface area contributed by atoms with Crippen molar-refractivity contribution in [3.8, 4) is 11.8 Å². The smallest absolute Gasteiger partial charge is 0.410 e. The van der Waals surface area contributed by atoms with Crippen molar-refractivity contribution in [2.24, 2.45) is 0 Å². The molecule has 2 aromatic rings. The van der Waals surface area contributed by atoms with Crippen molar-refractivity contribution in [3.63, 3.8) is 0 Å². The van der Waals surface area contributed by atoms with Gasteiger partial charge >= 0.3 is 6.09 Å². The molecule has 2 aliphatic heterocycles. The molecule has 0 saturated carbocycles. The van der Waals surface area contributed by atoms with Gasteiger partial charge in [0.1, 0.15) is 23.5 Å². The number of benzene rings is 2. The topological polar surface area (TPSA) is 82.9 Å². The molecule has 0 atom stereocenters. The van der Waals surface area contributed by atoms with E-state index in [1.54, 1.807) is 17.0 Å². The lowest BCUT2D eigenvalue weighted by atomic mass is 9.89. The molecule has 0 unspecified atom stereocenters. The van der Waals surface area contributed by atoms with Crippen molar-refractivity contribution < 1.29 is 19.1 Å². The van der Waals surface area contributed by atoms with Gasteiger partial charge in [0, 0.05) is 50.1 Å². The Morgan fingerprint density at radius 3 is 2.13 bits per heavy atom. The standard InChI is InChI=1S/C30H36ClN3O4/c1-20-26(10-9-24(19-32)27(20)31)37-25-13-17-33(18-14-25)28(35)23-7-5-21(6-8-23)22-11-15-34(16-12-22)29(36)38-30(2,3)4/h5-10,22,25H,11-18H2,1-4H3. The third-order valence-corrected chi connectivity index (χ3v) is 7.74. The van der Waals surface area contributed by atoms with E-state index in [2.05, 4.69) is 6.07 Å². The Hall–Kier alpha value is -3.24. The van der Waals surface area contributed by atoms with Crippen LogP contribution in [-0.2, 0) is 4.74 Å². The zero-order valence-electron chi connectivity index (χ0n) is 22.6. The van der Waals surface area contributed by atoms with E-state index in [9.17, 15) is 9.59 Å². The Bertz CT molecular complexity index is 1200. The number of amides is 2. The number of hydrogen-bond donors (Lipinski definition) is 0. The van der Waals surface area contributed by atoms with Crippen molar-refractivity contribution in [2.75, 3.05) is 26.2 Å². The first-order valence-electron chi connectivity index (χ1n) is 13.3. The summed E-state index contributed by atoms with van der Waals surface area (Å²) in [6.07, 6.45) is 2.97. The van der Waals surface area contributed by atoms with Gasteiger partial charge in [0.15, 0.2) is 0 Å². The zero-order chi connectivity index (χ0) is 27.4. The van der Waals surface area contributed by atoms with E-state index in [1.807, 2.05) is 56.9 Å². The number of ether oxygens (including phenoxy) is 2. The van der Waals surface area contributed by atoms with Gasteiger partial charge in [-0.15, -0.1) is 0 Å². The predicted molar refractivity (Wildman–Crippen MR) is 147 cm³/mol. The molecule has 2 heterocycles. The number of hydrogen-bond acceptors (Lipinski definition) is 5. The van der Waals surface area contributed by atoms with Crippen LogP contribution in [0.1, 0.15) is 79.4 Å². The van der Waals surface area contributed by atoms with Crippen molar-refractivity contribution in [1.29, 1.82) is 5.26 Å². The maximum absolute atomic E-state index is 13.1. The molecular formula is C30H36ClN3O4. The summed E-state index contributed by atoms with van der Waals surface area (Å²) in [7, 11) is 0. The molecule has 2 fully saturated rings. The van der Waals surface area contributed by atoms with Crippen LogP contribution in [-0.4, -0.2) is 59.7 Å². The number of likely N-dealkylation sites (tertiary alicyclic amines) is 2. The van der Waals surface area contributed by atoms with Gasteiger partial charge in [-0.25, -0.2) is 4.79 Å². The zero-order valence-corrected chi connectivity index (χ0v) is 23.4. The summed E-state index contributed by atoms with van der Waals surface area (Å²) in [5.74, 6) is 1.09. The Labute approximate surface area is 230 Å². The molecule has 4 rings (SSSR count). The van der Waals surface area contributed by atoms with E-state index < -0.39 is 5.60 Å². The van der Waals surface area contributed by atoms with Crippen LogP contribution in [0.5, 0.6) is 5.75 Å². The van der Waals surface area contributed by atoms with E-state index in [0.29, 0.717) is 54.0 Å². The van der Waals surface area contributed by atoms with Gasteiger partial charge in [-0.1, -0.05) is 23.7 Å². The van der Waals surface area contributed by atoms with E-state index in [4.69, 9.17) is 26.3 Å². The quantitative estimate of drug-likeness (QED) is 0.456. The lowest BCUT2D eigenvalue weighted by Crippen LogP contribution is -2.42. The lowest BCUT2D eigenvalue weighted by molar-refractivity contribution is 0.0204. The van der Waals surface area contributed by atoms with Crippen molar-refractivity contribution in [2.45, 2.75) is 71.0 Å². The molecule has 7 nitrogen and oxygen atoms in total. The molecule has 0 aliphatic carbocycles. The minimum Gasteiger partial charge on any atom is -0.490 e. The predicted octanol–water partition coefficient (Wildman–Crippen LogP) is 6.32. The summed E-state index contributed by atoms with van der Waals surface area (Å²) in [5, 5.41) is 9.57. The summed E-state index contributed by atoms with van der Waals surface area (Å²) in [4.78, 5) is 29.1. The van der Waals surface area contributed by atoms with Crippen LogP contribution < -0.4 is 4.74 Å². The fourth-order valence-corrected chi connectivity index (χ4v) is 5.24. The fourth-order valence-electron chi connectivity index (χ4n) is 5.04. The molecule has 0 N–H and O–H groups in total. The second-order valence-electron chi connectivity index (χ2n) is 11.1. The van der Waals surface area contributed by atoms with E-state index >= 15 is 0 Å². The molecule has 2 aliphatic rings. The van der Waals surface area contributed by atoms with Gasteiger partial charge in [0.2, 0.25) is 0 Å². The van der Waals surface area contributed by atoms with Gasteiger partial charge in [-0.05, 0) is 76.3 Å². The molecular weight excluding hydrogens is 502 g/mol. The monoisotopic (exact) mass is 537 g/mol. The first kappa shape index (κ1) is 27.8. The van der Waals surface area contributed by atoms with Crippen molar-refractivity contribution in [1.82, 2.24) is 9.80 Å². The molecule has 38 heavy (non-hydrogen) atoms. The SMILES string of the molecule is Cc1c(OC2CCN(C(=O)c3ccc(C4CCN(C(=O)OC(C)(C)C)CC4)cc3)CC2)ccc(C#N)c1Cl. The van der Waals surface area contributed by atoms with E-state index in [-0.39, 0.29) is 18.1 Å². The maximum Gasteiger partial charge on any atom is 0.410 e. The summed E-state index contributed by atoms with van der Waals surface area (Å²) in [6, 6.07) is 13.5. The summed E-state index contributed by atoms with van der Waals surface area (Å²) in [6.45, 7) is 10.1. The van der Waals surface area contributed by atoms with Gasteiger partial charge in [-0.3, -0.25) is 4.79 Å². The summed E-state index contributed by atoms with van der Waals surface area (Å²) in [5.41, 5.74) is 2.61. The molecule has 2 aromatic carbocycles. The Morgan fingerprint density at radius 1 is 0.947 bits per heavy atom. The third-order valence-electron chi connectivity index (χ3n) is 7.26. The lowest BCUT2D eigenvalue weighted by Gasteiger charge is -2.34. The van der Waals surface area contributed by atoms with E-state index in [0.717, 1.165) is 31.2 Å². The fraction of sp³-hybridized carbons (Fsp3) is 0.500. The van der Waals surface area contributed by atoms with E-state index in [1.165, 1.54) is 5.56 Å². The third kappa shape index (κ3) is 6.60. The highest BCUT2D eigenvalue weighted by Gasteiger charge is 2.28. The van der Waals surface area contributed by atoms with Crippen LogP contribution >= 0.6 is 11.6 Å². The Morgan fingerprint density at radius 2 is 1.55 bits per heavy atom. The second kappa shape index (κ2) is 11.7. The highest BCUT2D eigenvalue weighted by atomic mass is 35.5. The highest BCUT2D eigenvalue weighted by molar-refractivity contribution is 6.32. The number of carbonyl (C=O) groups is 2. The van der Waals surface area contributed by atoms with Crippen LogP contribution in [0.15, 0.2) is 36.4 Å². The number of carbonyl (C=O) groups excluding carboxylic acids is 2. The van der Waals surface area contributed by atoms with Crippen LogP contribution in [0.2, 0.25) is 5.02 Å². The number of nitrogens with zero attached hydrogens (tertiary/aromatic N) is 3. The molecule has 2 amide bonds. The van der Waals surface area contributed by atoms with Gasteiger partial charge < -0.3 is 19.3 Å². The average Bonchev–Trinajstić information content (AvgIpc) is 2.91.